The Bertz CT molecular complexity index is 1130. The Hall–Kier alpha value is -3.14. The second-order valence-electron chi connectivity index (χ2n) is 6.47. The first-order valence-electron chi connectivity index (χ1n) is 8.85. The van der Waals surface area contributed by atoms with E-state index in [1.54, 1.807) is 0 Å². The molecule has 0 saturated heterocycles. The highest BCUT2D eigenvalue weighted by atomic mass is 16.4. The first kappa shape index (κ1) is 17.3. The van der Waals surface area contributed by atoms with Gasteiger partial charge in [0.05, 0.1) is 0 Å². The first-order chi connectivity index (χ1) is 13.2. The summed E-state index contributed by atoms with van der Waals surface area (Å²) in [7, 11) is -1.55. The van der Waals surface area contributed by atoms with Gasteiger partial charge >= 0.3 is 7.12 Å². The Labute approximate surface area is 158 Å². The van der Waals surface area contributed by atoms with Crippen molar-refractivity contribution in [1.29, 1.82) is 0 Å². The van der Waals surface area contributed by atoms with Crippen LogP contribution in [0.5, 0.6) is 0 Å². The molecule has 4 aromatic carbocycles. The van der Waals surface area contributed by atoms with Crippen LogP contribution < -0.4 is 5.46 Å². The summed E-state index contributed by atoms with van der Waals surface area (Å²) < 4.78 is 0. The van der Waals surface area contributed by atoms with E-state index in [4.69, 9.17) is 0 Å². The summed E-state index contributed by atoms with van der Waals surface area (Å²) in [5.41, 5.74) is 4.67. The molecule has 0 fully saturated rings. The lowest BCUT2D eigenvalue weighted by Crippen LogP contribution is -2.31. The molecule has 0 bridgehead atoms. The fourth-order valence-corrected chi connectivity index (χ4v) is 3.94. The molecule has 0 atom stereocenters. The quantitative estimate of drug-likeness (QED) is 0.416. The van der Waals surface area contributed by atoms with E-state index in [1.165, 1.54) is 0 Å². The van der Waals surface area contributed by atoms with Crippen molar-refractivity contribution >= 4 is 46.3 Å². The third-order valence-electron chi connectivity index (χ3n) is 5.06. The van der Waals surface area contributed by atoms with Crippen molar-refractivity contribution in [3.8, 4) is 11.1 Å². The van der Waals surface area contributed by atoms with E-state index in [0.29, 0.717) is 5.46 Å². The fraction of sp³-hybridized carbons (Fsp3) is 0. The van der Waals surface area contributed by atoms with Crippen LogP contribution in [-0.2, 0) is 0 Å². The molecule has 0 saturated carbocycles. The molecule has 3 heteroatoms. The van der Waals surface area contributed by atoms with Crippen molar-refractivity contribution in [3.63, 3.8) is 0 Å². The van der Waals surface area contributed by atoms with Crippen molar-refractivity contribution in [2.45, 2.75) is 0 Å². The molecule has 0 heterocycles. The van der Waals surface area contributed by atoms with E-state index in [2.05, 4.69) is 19.2 Å². The molecule has 0 amide bonds. The maximum atomic E-state index is 10.1. The van der Waals surface area contributed by atoms with Crippen LogP contribution in [-0.4, -0.2) is 17.2 Å². The summed E-state index contributed by atoms with van der Waals surface area (Å²) in [6, 6.07) is 21.8. The normalized spacial score (nSPS) is 10.9. The Morgan fingerprint density at radius 2 is 1.22 bits per heavy atom. The number of fused-ring (bicyclic) bond motifs is 2. The van der Waals surface area contributed by atoms with Crippen LogP contribution >= 0.6 is 0 Å². The maximum absolute atomic E-state index is 10.1. The Morgan fingerprint density at radius 1 is 0.667 bits per heavy atom. The first-order valence-corrected chi connectivity index (χ1v) is 8.85. The highest BCUT2D eigenvalue weighted by Crippen LogP contribution is 2.38. The van der Waals surface area contributed by atoms with Crippen LogP contribution in [0, 0.1) is 0 Å². The molecule has 0 aliphatic rings. The second-order valence-corrected chi connectivity index (χ2v) is 6.47. The minimum absolute atomic E-state index is 0.532. The predicted molar refractivity (Wildman–Crippen MR) is 117 cm³/mol. The molecule has 0 radical (unpaired) electrons. The minimum Gasteiger partial charge on any atom is -0.423 e. The molecule has 2 N–H and O–H groups in total. The average Bonchev–Trinajstić information content (AvgIpc) is 2.70. The van der Waals surface area contributed by atoms with Crippen LogP contribution in [0.2, 0.25) is 0 Å². The van der Waals surface area contributed by atoms with Crippen molar-refractivity contribution in [2.75, 3.05) is 0 Å². The number of hydrogen-bond acceptors (Lipinski definition) is 2. The van der Waals surface area contributed by atoms with E-state index in [9.17, 15) is 10.0 Å². The average molecular weight is 350 g/mol. The lowest BCUT2D eigenvalue weighted by atomic mass is 9.72. The summed E-state index contributed by atoms with van der Waals surface area (Å²) >= 11 is 0. The van der Waals surface area contributed by atoms with E-state index in [1.807, 2.05) is 72.8 Å². The molecule has 0 spiro atoms. The molecular weight excluding hydrogens is 331 g/mol. The van der Waals surface area contributed by atoms with Crippen LogP contribution in [0.4, 0.5) is 0 Å². The molecule has 2 nitrogen and oxygen atoms in total. The smallest absolute Gasteiger partial charge is 0.423 e. The van der Waals surface area contributed by atoms with Gasteiger partial charge in [-0.2, -0.15) is 0 Å². The van der Waals surface area contributed by atoms with Gasteiger partial charge in [-0.25, -0.2) is 0 Å². The van der Waals surface area contributed by atoms with Gasteiger partial charge in [-0.1, -0.05) is 92.0 Å². The Balaban J connectivity index is 2.28. The highest BCUT2D eigenvalue weighted by Gasteiger charge is 2.22. The molecule has 0 unspecified atom stereocenters. The van der Waals surface area contributed by atoms with Crippen molar-refractivity contribution in [2.24, 2.45) is 0 Å². The van der Waals surface area contributed by atoms with E-state index < -0.39 is 7.12 Å². The second kappa shape index (κ2) is 6.88. The van der Waals surface area contributed by atoms with Gasteiger partial charge in [0.1, 0.15) is 0 Å². The highest BCUT2D eigenvalue weighted by molar-refractivity contribution is 6.66. The molecular formula is C24H19BO2. The summed E-state index contributed by atoms with van der Waals surface area (Å²) in [6.45, 7) is 7.93. The van der Waals surface area contributed by atoms with Crippen LogP contribution in [0.1, 0.15) is 11.1 Å². The van der Waals surface area contributed by atoms with E-state index >= 15 is 0 Å². The van der Waals surface area contributed by atoms with Gasteiger partial charge < -0.3 is 10.0 Å². The molecule has 4 rings (SSSR count). The zero-order valence-electron chi connectivity index (χ0n) is 14.9. The number of hydrogen-bond donors (Lipinski definition) is 2. The summed E-state index contributed by atoms with van der Waals surface area (Å²) in [6.07, 6.45) is 3.68. The van der Waals surface area contributed by atoms with Crippen molar-refractivity contribution in [1.82, 2.24) is 0 Å². The lowest BCUT2D eigenvalue weighted by molar-refractivity contribution is 0.426. The van der Waals surface area contributed by atoms with Gasteiger partial charge in [-0.15, -0.1) is 0 Å². The zero-order valence-corrected chi connectivity index (χ0v) is 14.9. The third kappa shape index (κ3) is 2.69. The number of benzene rings is 4. The van der Waals surface area contributed by atoms with Gasteiger partial charge in [0.25, 0.3) is 0 Å². The Morgan fingerprint density at radius 3 is 1.70 bits per heavy atom. The predicted octanol–water partition coefficient (Wildman–Crippen LogP) is 4.63. The topological polar surface area (TPSA) is 40.5 Å². The van der Waals surface area contributed by atoms with Crippen LogP contribution in [0.3, 0.4) is 0 Å². The fourth-order valence-electron chi connectivity index (χ4n) is 3.94. The van der Waals surface area contributed by atoms with Crippen molar-refractivity contribution < 1.29 is 10.0 Å². The molecule has 4 aromatic rings. The maximum Gasteiger partial charge on any atom is 0.489 e. The SMILES string of the molecule is C=Cc1cccc(-c2c3ccccc3c(B(O)O)c3ccccc23)c1C=C. The van der Waals surface area contributed by atoms with Gasteiger partial charge in [-0.3, -0.25) is 0 Å². The van der Waals surface area contributed by atoms with Gasteiger partial charge in [0.2, 0.25) is 0 Å². The van der Waals surface area contributed by atoms with Crippen LogP contribution in [0.25, 0.3) is 44.8 Å². The summed E-state index contributed by atoms with van der Waals surface area (Å²) in [4.78, 5) is 0. The minimum atomic E-state index is -1.55. The van der Waals surface area contributed by atoms with Gasteiger partial charge in [-0.05, 0) is 49.3 Å². The van der Waals surface area contributed by atoms with Gasteiger partial charge in [0.15, 0.2) is 0 Å². The summed E-state index contributed by atoms with van der Waals surface area (Å²) in [5, 5.41) is 23.8. The standard InChI is InChI=1S/C24H19BO2/c1-3-16-10-9-15-18(17(16)4-2)23-19-11-5-7-13-21(19)24(25(26)27)22-14-8-6-12-20(22)23/h3-15,26-27H,1-2H2. The third-order valence-corrected chi connectivity index (χ3v) is 5.06. The largest absolute Gasteiger partial charge is 0.489 e. The number of rotatable bonds is 4. The molecule has 0 aliphatic heterocycles. The van der Waals surface area contributed by atoms with E-state index in [0.717, 1.165) is 43.8 Å². The summed E-state index contributed by atoms with van der Waals surface area (Å²) in [5.74, 6) is 0. The zero-order chi connectivity index (χ0) is 19.0. The molecule has 0 aliphatic carbocycles. The van der Waals surface area contributed by atoms with Crippen molar-refractivity contribution in [3.05, 3.63) is 91.0 Å². The lowest BCUT2D eigenvalue weighted by Gasteiger charge is -2.19. The van der Waals surface area contributed by atoms with Gasteiger partial charge in [0, 0.05) is 0 Å². The van der Waals surface area contributed by atoms with Crippen LogP contribution in [0.15, 0.2) is 79.9 Å². The van der Waals surface area contributed by atoms with E-state index in [-0.39, 0.29) is 0 Å². The molecule has 130 valence electrons. The molecule has 0 aromatic heterocycles. The monoisotopic (exact) mass is 350 g/mol. The molecule has 27 heavy (non-hydrogen) atoms. The Kier molecular flexibility index (Phi) is 4.40.